The molecule has 1 aliphatic heterocycles. The number of halogens is 3. The number of aliphatic hydroxyl groups is 2. The highest BCUT2D eigenvalue weighted by Crippen LogP contribution is 2.31. The lowest BCUT2D eigenvalue weighted by Gasteiger charge is -2.25. The number of aromatic nitrogens is 2. The van der Waals surface area contributed by atoms with E-state index in [0.717, 1.165) is 6.07 Å². The number of hydrogen-bond acceptors (Lipinski definition) is 4. The Hall–Kier alpha value is -1.12. The van der Waals surface area contributed by atoms with Crippen LogP contribution in [0.3, 0.4) is 0 Å². The first kappa shape index (κ1) is 15.3. The summed E-state index contributed by atoms with van der Waals surface area (Å²) in [4.78, 5) is 1.64. The zero-order valence-corrected chi connectivity index (χ0v) is 11.3. The fourth-order valence-corrected chi connectivity index (χ4v) is 2.51. The summed E-state index contributed by atoms with van der Waals surface area (Å²) < 4.78 is 39.2. The number of aliphatic hydroxyl groups excluding tert-OH is 2. The summed E-state index contributed by atoms with van der Waals surface area (Å²) in [5, 5.41) is 22.7. The first-order chi connectivity index (χ1) is 9.20. The van der Waals surface area contributed by atoms with Gasteiger partial charge in [0.2, 0.25) is 0 Å². The summed E-state index contributed by atoms with van der Waals surface area (Å²) in [7, 11) is 0. The normalized spacial score (nSPS) is 24.1. The molecule has 0 radical (unpaired) electrons. The number of alkyl halides is 3. The maximum absolute atomic E-state index is 12.6. The Bertz CT molecular complexity index is 473. The lowest BCUT2D eigenvalue weighted by molar-refractivity contribution is -0.141. The van der Waals surface area contributed by atoms with Crippen molar-refractivity contribution >= 4 is 0 Å². The second kappa shape index (κ2) is 5.34. The molecule has 1 aliphatic rings. The van der Waals surface area contributed by atoms with Crippen LogP contribution < -0.4 is 0 Å². The summed E-state index contributed by atoms with van der Waals surface area (Å²) in [6.45, 7) is 3.93. The molecule has 1 saturated heterocycles. The Morgan fingerprint density at radius 3 is 2.55 bits per heavy atom. The number of rotatable bonds is 3. The highest BCUT2D eigenvalue weighted by Gasteiger charge is 2.37. The fraction of sp³-hybridized carbons (Fsp3) is 0.750. The van der Waals surface area contributed by atoms with E-state index >= 15 is 0 Å². The lowest BCUT2D eigenvalue weighted by atomic mass is 10.2. The van der Waals surface area contributed by atoms with Crippen molar-refractivity contribution in [3.05, 3.63) is 17.5 Å². The number of aryl methyl sites for hydroxylation is 1. The Morgan fingerprint density at radius 1 is 1.40 bits per heavy atom. The van der Waals surface area contributed by atoms with Crippen LogP contribution in [0, 0.1) is 6.92 Å². The Morgan fingerprint density at radius 2 is 2.05 bits per heavy atom. The van der Waals surface area contributed by atoms with E-state index in [4.69, 9.17) is 0 Å². The molecule has 3 unspecified atom stereocenters. The summed E-state index contributed by atoms with van der Waals surface area (Å²) >= 11 is 0. The molecule has 2 N–H and O–H groups in total. The highest BCUT2D eigenvalue weighted by molar-refractivity contribution is 5.13. The molecule has 0 aromatic carbocycles. The van der Waals surface area contributed by atoms with Gasteiger partial charge in [0.05, 0.1) is 12.1 Å². The molecule has 0 amide bonds. The molecule has 20 heavy (non-hydrogen) atoms. The summed E-state index contributed by atoms with van der Waals surface area (Å²) in [6.07, 6.45) is -5.77. The molecule has 3 atom stereocenters. The quantitative estimate of drug-likeness (QED) is 0.878. The third-order valence-electron chi connectivity index (χ3n) is 3.56. The molecule has 114 valence electrons. The lowest BCUT2D eigenvalue weighted by Crippen LogP contribution is -2.41. The number of likely N-dealkylation sites (tertiary alicyclic amines) is 1. The van der Waals surface area contributed by atoms with Crippen molar-refractivity contribution in [2.24, 2.45) is 0 Å². The largest absolute Gasteiger partial charge is 0.435 e. The van der Waals surface area contributed by atoms with Gasteiger partial charge >= 0.3 is 6.18 Å². The van der Waals surface area contributed by atoms with E-state index in [1.165, 1.54) is 11.6 Å². The van der Waals surface area contributed by atoms with Gasteiger partial charge in [-0.25, -0.2) is 0 Å². The van der Waals surface area contributed by atoms with E-state index in [9.17, 15) is 23.4 Å². The van der Waals surface area contributed by atoms with Crippen LogP contribution >= 0.6 is 0 Å². The predicted octanol–water partition coefficient (Wildman–Crippen LogP) is 1.16. The van der Waals surface area contributed by atoms with E-state index < -0.39 is 24.2 Å². The van der Waals surface area contributed by atoms with Gasteiger partial charge in [0.15, 0.2) is 5.69 Å². The van der Waals surface area contributed by atoms with Crippen LogP contribution in [-0.2, 0) is 6.18 Å². The molecule has 0 spiro atoms. The van der Waals surface area contributed by atoms with E-state index in [1.807, 2.05) is 0 Å². The maximum Gasteiger partial charge on any atom is 0.435 e. The van der Waals surface area contributed by atoms with Crippen molar-refractivity contribution in [2.45, 2.75) is 44.8 Å². The minimum absolute atomic E-state index is 0.223. The second-order valence-electron chi connectivity index (χ2n) is 5.20. The van der Waals surface area contributed by atoms with E-state index in [1.54, 1.807) is 11.8 Å². The van der Waals surface area contributed by atoms with Crippen molar-refractivity contribution < 1.29 is 23.4 Å². The predicted molar refractivity (Wildman–Crippen MR) is 64.9 cm³/mol. The Balaban J connectivity index is 2.13. The van der Waals surface area contributed by atoms with Crippen LogP contribution in [0.5, 0.6) is 0 Å². The standard InChI is InChI=1S/C12H18F3N3O2/c1-7-5-10(12(13,14)15)16-18(7)9-3-4-17(6-9)11(20)8(2)19/h5,8-9,11,19-20H,3-4,6H2,1-2H3. The first-order valence-electron chi connectivity index (χ1n) is 6.43. The van der Waals surface area contributed by atoms with E-state index in [2.05, 4.69) is 5.10 Å². The van der Waals surface area contributed by atoms with Crippen LogP contribution in [0.4, 0.5) is 13.2 Å². The molecule has 0 aliphatic carbocycles. The number of hydrogen-bond donors (Lipinski definition) is 2. The monoisotopic (exact) mass is 293 g/mol. The van der Waals surface area contributed by atoms with Crippen molar-refractivity contribution in [1.29, 1.82) is 0 Å². The van der Waals surface area contributed by atoms with Gasteiger partial charge < -0.3 is 10.2 Å². The average Bonchev–Trinajstić information content (AvgIpc) is 2.92. The smallest absolute Gasteiger partial charge is 0.389 e. The van der Waals surface area contributed by atoms with E-state index in [-0.39, 0.29) is 6.04 Å². The molecule has 2 rings (SSSR count). The van der Waals surface area contributed by atoms with Crippen LogP contribution in [0.1, 0.15) is 30.8 Å². The minimum atomic E-state index is -4.45. The van der Waals surface area contributed by atoms with E-state index in [0.29, 0.717) is 25.2 Å². The fourth-order valence-electron chi connectivity index (χ4n) is 2.51. The third kappa shape index (κ3) is 2.97. The molecule has 8 heteroatoms. The zero-order chi connectivity index (χ0) is 15.1. The third-order valence-corrected chi connectivity index (χ3v) is 3.56. The van der Waals surface area contributed by atoms with Crippen LogP contribution in [-0.4, -0.2) is 50.3 Å². The van der Waals surface area contributed by atoms with Gasteiger partial charge in [-0.1, -0.05) is 0 Å². The molecular formula is C12H18F3N3O2. The summed E-state index contributed by atoms with van der Waals surface area (Å²) in [6, 6.07) is 0.799. The molecule has 2 heterocycles. The molecular weight excluding hydrogens is 275 g/mol. The minimum Gasteiger partial charge on any atom is -0.389 e. The highest BCUT2D eigenvalue weighted by atomic mass is 19.4. The van der Waals surface area contributed by atoms with Gasteiger partial charge in [-0.3, -0.25) is 9.58 Å². The summed E-state index contributed by atoms with van der Waals surface area (Å²) in [5.74, 6) is 0. The van der Waals surface area contributed by atoms with Crippen molar-refractivity contribution in [2.75, 3.05) is 13.1 Å². The average molecular weight is 293 g/mol. The molecule has 1 aromatic heterocycles. The Labute approximate surface area is 114 Å². The molecule has 1 fully saturated rings. The summed E-state index contributed by atoms with van der Waals surface area (Å²) in [5.41, 5.74) is -0.458. The van der Waals surface area contributed by atoms with Gasteiger partial charge in [-0.2, -0.15) is 18.3 Å². The maximum atomic E-state index is 12.6. The first-order valence-corrected chi connectivity index (χ1v) is 6.43. The molecule has 1 aromatic rings. The molecule has 5 nitrogen and oxygen atoms in total. The molecule has 0 bridgehead atoms. The topological polar surface area (TPSA) is 61.5 Å². The zero-order valence-electron chi connectivity index (χ0n) is 11.3. The van der Waals surface area contributed by atoms with Gasteiger partial charge in [0.25, 0.3) is 0 Å². The molecule has 0 saturated carbocycles. The van der Waals surface area contributed by atoms with Crippen LogP contribution in [0.25, 0.3) is 0 Å². The number of nitrogens with zero attached hydrogens (tertiary/aromatic N) is 3. The second-order valence-corrected chi connectivity index (χ2v) is 5.20. The SMILES string of the molecule is Cc1cc(C(F)(F)F)nn1C1CCN(C(O)C(C)O)C1. The Kier molecular flexibility index (Phi) is 4.08. The van der Waals surface area contributed by atoms with Crippen molar-refractivity contribution in [3.63, 3.8) is 0 Å². The van der Waals surface area contributed by atoms with Gasteiger partial charge in [-0.05, 0) is 26.3 Å². The van der Waals surface area contributed by atoms with Crippen molar-refractivity contribution in [1.82, 2.24) is 14.7 Å². The van der Waals surface area contributed by atoms with Crippen LogP contribution in [0.2, 0.25) is 0 Å². The van der Waals surface area contributed by atoms with Gasteiger partial charge in [-0.15, -0.1) is 0 Å². The van der Waals surface area contributed by atoms with Crippen LogP contribution in [0.15, 0.2) is 6.07 Å². The van der Waals surface area contributed by atoms with Crippen molar-refractivity contribution in [3.8, 4) is 0 Å². The van der Waals surface area contributed by atoms with Gasteiger partial charge in [0, 0.05) is 18.8 Å². The van der Waals surface area contributed by atoms with Gasteiger partial charge in [0.1, 0.15) is 6.23 Å².